The number of halogens is 3. The third kappa shape index (κ3) is 3.80. The molecular formula is C21H22F3N. The lowest BCUT2D eigenvalue weighted by atomic mass is 9.77. The predicted molar refractivity (Wildman–Crippen MR) is 95.2 cm³/mol. The Labute approximate surface area is 146 Å². The Morgan fingerprint density at radius 2 is 1.96 bits per heavy atom. The van der Waals surface area contributed by atoms with Crippen molar-refractivity contribution >= 4 is 6.21 Å². The van der Waals surface area contributed by atoms with Gasteiger partial charge in [0.15, 0.2) is 0 Å². The Kier molecular flexibility index (Phi) is 5.01. The van der Waals surface area contributed by atoms with Crippen molar-refractivity contribution in [3.8, 4) is 0 Å². The van der Waals surface area contributed by atoms with Crippen molar-refractivity contribution in [2.24, 2.45) is 22.7 Å². The van der Waals surface area contributed by atoms with Crippen LogP contribution in [0.3, 0.4) is 0 Å². The summed E-state index contributed by atoms with van der Waals surface area (Å²) in [6.07, 6.45) is 9.17. The third-order valence-corrected chi connectivity index (χ3v) is 5.24. The molecule has 132 valence electrons. The molecule has 1 heterocycles. The molecule has 1 saturated carbocycles. The third-order valence-electron chi connectivity index (χ3n) is 5.24. The number of aliphatic imine (C=N–C) groups is 1. The van der Waals surface area contributed by atoms with Gasteiger partial charge < -0.3 is 0 Å². The van der Waals surface area contributed by atoms with Crippen LogP contribution < -0.4 is 0 Å². The summed E-state index contributed by atoms with van der Waals surface area (Å²) in [6, 6.07) is 0. The largest absolute Gasteiger partial charge is 0.392 e. The van der Waals surface area contributed by atoms with Gasteiger partial charge in [-0.1, -0.05) is 50.3 Å². The van der Waals surface area contributed by atoms with Crippen LogP contribution in [-0.4, -0.2) is 12.4 Å². The van der Waals surface area contributed by atoms with Crippen LogP contribution in [0.5, 0.6) is 0 Å². The van der Waals surface area contributed by atoms with E-state index in [0.717, 1.165) is 23.1 Å². The van der Waals surface area contributed by atoms with Crippen molar-refractivity contribution in [1.82, 2.24) is 0 Å². The van der Waals surface area contributed by atoms with Crippen molar-refractivity contribution in [3.05, 3.63) is 65.1 Å². The topological polar surface area (TPSA) is 12.4 Å². The van der Waals surface area contributed by atoms with Gasteiger partial charge in [-0.05, 0) is 42.1 Å². The lowest BCUT2D eigenvalue weighted by Crippen LogP contribution is -2.33. The van der Waals surface area contributed by atoms with Gasteiger partial charge in [-0.2, -0.15) is 13.2 Å². The Morgan fingerprint density at radius 1 is 1.20 bits per heavy atom. The van der Waals surface area contributed by atoms with Gasteiger partial charge in [0.05, 0.1) is 11.6 Å². The Balaban J connectivity index is 1.84. The van der Waals surface area contributed by atoms with Gasteiger partial charge in [0, 0.05) is 17.7 Å². The van der Waals surface area contributed by atoms with Gasteiger partial charge in [-0.15, -0.1) is 0 Å². The first kappa shape index (κ1) is 17.8. The van der Waals surface area contributed by atoms with Crippen molar-refractivity contribution < 1.29 is 13.2 Å². The summed E-state index contributed by atoms with van der Waals surface area (Å²) in [5.74, 6) is -1.68. The maximum Gasteiger partial charge on any atom is 0.392 e. The molecule has 0 spiro atoms. The smallest absolute Gasteiger partial charge is 0.252 e. The Hall–Kier alpha value is -2.06. The molecule has 1 aliphatic heterocycles. The van der Waals surface area contributed by atoms with E-state index < -0.39 is 18.0 Å². The van der Waals surface area contributed by atoms with Gasteiger partial charge >= 0.3 is 6.18 Å². The van der Waals surface area contributed by atoms with Crippen LogP contribution in [0.15, 0.2) is 70.1 Å². The molecule has 0 N–H and O–H groups in total. The summed E-state index contributed by atoms with van der Waals surface area (Å²) < 4.78 is 40.1. The average molecular weight is 345 g/mol. The van der Waals surface area contributed by atoms with Gasteiger partial charge in [0.25, 0.3) is 0 Å². The van der Waals surface area contributed by atoms with Crippen LogP contribution in [0.25, 0.3) is 0 Å². The number of allylic oxidation sites excluding steroid dienone is 8. The molecule has 0 saturated heterocycles. The molecule has 3 atom stereocenters. The molecule has 1 nitrogen and oxygen atoms in total. The zero-order chi connectivity index (χ0) is 18.0. The van der Waals surface area contributed by atoms with Crippen LogP contribution in [0.2, 0.25) is 0 Å². The minimum absolute atomic E-state index is 0.180. The summed E-state index contributed by atoms with van der Waals surface area (Å²) in [4.78, 5) is 4.40. The van der Waals surface area contributed by atoms with E-state index >= 15 is 0 Å². The maximum atomic E-state index is 13.4. The van der Waals surface area contributed by atoms with Gasteiger partial charge in [0.2, 0.25) is 0 Å². The first-order chi connectivity index (χ1) is 11.9. The molecule has 4 heteroatoms. The Morgan fingerprint density at radius 3 is 2.72 bits per heavy atom. The minimum atomic E-state index is -4.18. The lowest BCUT2D eigenvalue weighted by Gasteiger charge is -2.32. The fourth-order valence-electron chi connectivity index (χ4n) is 3.72. The Bertz CT molecular complexity index is 740. The molecule has 0 amide bonds. The average Bonchev–Trinajstić information content (AvgIpc) is 2.82. The summed E-state index contributed by atoms with van der Waals surface area (Å²) in [5, 5.41) is 0. The minimum Gasteiger partial charge on any atom is -0.252 e. The van der Waals surface area contributed by atoms with E-state index in [-0.39, 0.29) is 12.3 Å². The maximum absolute atomic E-state index is 13.4. The molecule has 0 aromatic rings. The summed E-state index contributed by atoms with van der Waals surface area (Å²) >= 11 is 0. The van der Waals surface area contributed by atoms with Gasteiger partial charge in [-0.25, -0.2) is 0 Å². The van der Waals surface area contributed by atoms with E-state index in [2.05, 4.69) is 30.3 Å². The fourth-order valence-corrected chi connectivity index (χ4v) is 3.72. The van der Waals surface area contributed by atoms with E-state index in [0.29, 0.717) is 18.5 Å². The number of hydrogen-bond donors (Lipinski definition) is 0. The highest BCUT2D eigenvalue weighted by Crippen LogP contribution is 2.44. The second-order valence-corrected chi connectivity index (χ2v) is 6.89. The second kappa shape index (κ2) is 7.05. The molecule has 3 unspecified atom stereocenters. The number of hydrogen-bond acceptors (Lipinski definition) is 1. The SMILES string of the molecule is C=C1C(C2=CC=C=C(C3CCCCC3C(F)(F)F)N=C2)=CC=CC1C. The van der Waals surface area contributed by atoms with Crippen LogP contribution in [0, 0.1) is 17.8 Å². The van der Waals surface area contributed by atoms with Crippen LogP contribution >= 0.6 is 0 Å². The molecule has 1 fully saturated rings. The molecule has 25 heavy (non-hydrogen) atoms. The molecule has 0 radical (unpaired) electrons. The molecule has 0 aromatic carbocycles. The molecule has 2 aliphatic carbocycles. The zero-order valence-corrected chi connectivity index (χ0v) is 14.3. The van der Waals surface area contributed by atoms with E-state index in [1.54, 1.807) is 12.3 Å². The summed E-state index contributed by atoms with van der Waals surface area (Å²) in [6.45, 7) is 6.19. The molecule has 0 aromatic heterocycles. The molecular weight excluding hydrogens is 323 g/mol. The number of rotatable bonds is 2. The molecule has 0 bridgehead atoms. The quantitative estimate of drug-likeness (QED) is 0.537. The van der Waals surface area contributed by atoms with Gasteiger partial charge in [-0.3, -0.25) is 4.99 Å². The van der Waals surface area contributed by atoms with Crippen LogP contribution in [0.1, 0.15) is 32.6 Å². The highest BCUT2D eigenvalue weighted by atomic mass is 19.4. The van der Waals surface area contributed by atoms with Crippen molar-refractivity contribution in [3.63, 3.8) is 0 Å². The highest BCUT2D eigenvalue weighted by Gasteiger charge is 2.46. The first-order valence-corrected chi connectivity index (χ1v) is 8.73. The predicted octanol–water partition coefficient (Wildman–Crippen LogP) is 6.09. The standard InChI is InChI=1S/C21H22F3N/c1-14-7-5-10-17(15(14)2)16-8-6-12-20(25-13-16)18-9-3-4-11-19(18)21(22,23)24/h5-8,10,13-14,18-19H,2-4,9,11H2,1H3. The highest BCUT2D eigenvalue weighted by molar-refractivity contribution is 5.88. The first-order valence-electron chi connectivity index (χ1n) is 8.73. The molecule has 3 rings (SSSR count). The van der Waals surface area contributed by atoms with E-state index in [9.17, 15) is 13.2 Å². The van der Waals surface area contributed by atoms with Crippen molar-refractivity contribution in [2.45, 2.75) is 38.8 Å². The number of alkyl halides is 3. The normalized spacial score (nSPS) is 29.8. The van der Waals surface area contributed by atoms with E-state index in [4.69, 9.17) is 0 Å². The van der Waals surface area contributed by atoms with Gasteiger partial charge in [0.1, 0.15) is 0 Å². The summed E-state index contributed by atoms with van der Waals surface area (Å²) in [7, 11) is 0. The van der Waals surface area contributed by atoms with Crippen LogP contribution in [0.4, 0.5) is 13.2 Å². The fraction of sp³-hybridized carbons (Fsp3) is 0.429. The zero-order valence-electron chi connectivity index (χ0n) is 14.3. The summed E-state index contributed by atoms with van der Waals surface area (Å²) in [5.41, 5.74) is 6.24. The van der Waals surface area contributed by atoms with Crippen molar-refractivity contribution in [1.29, 1.82) is 0 Å². The van der Waals surface area contributed by atoms with E-state index in [1.807, 2.05) is 18.2 Å². The van der Waals surface area contributed by atoms with E-state index in [1.165, 1.54) is 0 Å². The lowest BCUT2D eigenvalue weighted by molar-refractivity contribution is -0.192. The molecule has 3 aliphatic rings. The second-order valence-electron chi connectivity index (χ2n) is 6.89. The number of nitrogens with zero attached hydrogens (tertiary/aromatic N) is 1. The van der Waals surface area contributed by atoms with Crippen LogP contribution in [-0.2, 0) is 0 Å². The monoisotopic (exact) mass is 345 g/mol. The van der Waals surface area contributed by atoms with Crippen molar-refractivity contribution in [2.75, 3.05) is 0 Å².